The molecule has 0 spiro atoms. The van der Waals surface area contributed by atoms with E-state index in [0.717, 1.165) is 36.5 Å². The lowest BCUT2D eigenvalue weighted by atomic mass is 10.00. The molecule has 0 aliphatic carbocycles. The number of benzene rings is 1. The van der Waals surface area contributed by atoms with Crippen LogP contribution < -0.4 is 4.90 Å². The number of hydrogen-bond acceptors (Lipinski definition) is 6. The van der Waals surface area contributed by atoms with Gasteiger partial charge in [-0.3, -0.25) is 4.79 Å². The fourth-order valence-corrected chi connectivity index (χ4v) is 3.15. The van der Waals surface area contributed by atoms with Crippen LogP contribution in [-0.4, -0.2) is 47.1 Å². The Bertz CT molecular complexity index is 871. The van der Waals surface area contributed by atoms with Crippen LogP contribution >= 0.6 is 0 Å². The molecule has 7 heteroatoms. The second-order valence-corrected chi connectivity index (χ2v) is 7.06. The van der Waals surface area contributed by atoms with Gasteiger partial charge in [-0.25, -0.2) is 4.99 Å². The van der Waals surface area contributed by atoms with Crippen molar-refractivity contribution >= 4 is 17.9 Å². The average molecular weight is 377 g/mol. The van der Waals surface area contributed by atoms with Crippen molar-refractivity contribution in [1.29, 1.82) is 5.26 Å². The smallest absolute Gasteiger partial charge is 0.249 e. The second-order valence-electron chi connectivity index (χ2n) is 7.06. The highest BCUT2D eigenvalue weighted by molar-refractivity contribution is 5.87. The highest BCUT2D eigenvalue weighted by Crippen LogP contribution is 2.20. The Morgan fingerprint density at radius 2 is 2.14 bits per heavy atom. The number of amides is 1. The van der Waals surface area contributed by atoms with Crippen LogP contribution in [0.4, 0.5) is 5.82 Å². The third-order valence-electron chi connectivity index (χ3n) is 4.92. The van der Waals surface area contributed by atoms with Crippen molar-refractivity contribution < 1.29 is 9.90 Å². The van der Waals surface area contributed by atoms with Crippen molar-refractivity contribution in [3.05, 3.63) is 53.2 Å². The monoisotopic (exact) mass is 377 g/mol. The molecule has 28 heavy (non-hydrogen) atoms. The Kier molecular flexibility index (Phi) is 6.45. The SMILES string of the molecule is CC(CO)c1ccc(CC(=O)N=CC2CCN(c3ccc(C#N)nn3)C2)cc1. The molecule has 0 radical (unpaired) electrons. The molecule has 1 fully saturated rings. The number of nitriles is 1. The molecule has 0 bridgehead atoms. The third-order valence-corrected chi connectivity index (χ3v) is 4.92. The van der Waals surface area contributed by atoms with E-state index in [0.29, 0.717) is 5.69 Å². The average Bonchev–Trinajstić information content (AvgIpc) is 3.21. The summed E-state index contributed by atoms with van der Waals surface area (Å²) in [6.07, 6.45) is 2.90. The van der Waals surface area contributed by atoms with Crippen LogP contribution in [0.1, 0.15) is 36.1 Å². The van der Waals surface area contributed by atoms with E-state index in [-0.39, 0.29) is 30.8 Å². The van der Waals surface area contributed by atoms with Crippen LogP contribution in [0.15, 0.2) is 41.4 Å². The Balaban J connectivity index is 1.51. The van der Waals surface area contributed by atoms with Crippen molar-refractivity contribution in [3.63, 3.8) is 0 Å². The lowest BCUT2D eigenvalue weighted by Crippen LogP contribution is -2.21. The molecule has 1 amide bonds. The van der Waals surface area contributed by atoms with E-state index in [9.17, 15) is 9.90 Å². The van der Waals surface area contributed by atoms with E-state index in [2.05, 4.69) is 20.1 Å². The van der Waals surface area contributed by atoms with Gasteiger partial charge in [0.25, 0.3) is 0 Å². The van der Waals surface area contributed by atoms with Crippen molar-refractivity contribution in [3.8, 4) is 6.07 Å². The molecule has 3 rings (SSSR count). The van der Waals surface area contributed by atoms with Crippen molar-refractivity contribution in [2.75, 3.05) is 24.6 Å². The van der Waals surface area contributed by atoms with Crippen LogP contribution in [0.2, 0.25) is 0 Å². The Hall–Kier alpha value is -3.11. The van der Waals surface area contributed by atoms with E-state index in [1.165, 1.54) is 0 Å². The Morgan fingerprint density at radius 3 is 2.79 bits per heavy atom. The predicted octanol–water partition coefficient (Wildman–Crippen LogP) is 2.11. The number of hydrogen-bond donors (Lipinski definition) is 1. The summed E-state index contributed by atoms with van der Waals surface area (Å²) in [5, 5.41) is 25.9. The first kappa shape index (κ1) is 19.6. The molecule has 1 aromatic heterocycles. The quantitative estimate of drug-likeness (QED) is 0.774. The number of carbonyl (C=O) groups is 1. The van der Waals surface area contributed by atoms with Crippen molar-refractivity contribution in [1.82, 2.24) is 10.2 Å². The summed E-state index contributed by atoms with van der Waals surface area (Å²) in [5.41, 5.74) is 2.27. The molecule has 2 unspecified atom stereocenters. The maximum absolute atomic E-state index is 12.2. The van der Waals surface area contributed by atoms with Crippen LogP contribution in [0.3, 0.4) is 0 Å². The highest BCUT2D eigenvalue weighted by Gasteiger charge is 2.22. The molecular formula is C21H23N5O2. The molecule has 0 saturated carbocycles. The summed E-state index contributed by atoms with van der Waals surface area (Å²) in [6.45, 7) is 3.61. The van der Waals surface area contributed by atoms with Gasteiger partial charge in [-0.1, -0.05) is 31.2 Å². The van der Waals surface area contributed by atoms with E-state index in [1.54, 1.807) is 18.3 Å². The standard InChI is InChI=1S/C21H23N5O2/c1-15(14-27)18-4-2-16(3-5-18)10-21(28)23-12-17-8-9-26(13-17)20-7-6-19(11-22)24-25-20/h2-7,12,15,17,27H,8-10,13-14H2,1H3. The summed E-state index contributed by atoms with van der Waals surface area (Å²) in [4.78, 5) is 18.4. The molecule has 1 aliphatic heterocycles. The topological polar surface area (TPSA) is 102 Å². The summed E-state index contributed by atoms with van der Waals surface area (Å²) < 4.78 is 0. The van der Waals surface area contributed by atoms with Crippen LogP contribution in [-0.2, 0) is 11.2 Å². The van der Waals surface area contributed by atoms with Gasteiger partial charge in [-0.05, 0) is 29.7 Å². The van der Waals surface area contributed by atoms with Gasteiger partial charge in [0.1, 0.15) is 6.07 Å². The van der Waals surface area contributed by atoms with Crippen molar-refractivity contribution in [2.45, 2.75) is 25.7 Å². The number of carbonyl (C=O) groups excluding carboxylic acids is 1. The second kappa shape index (κ2) is 9.20. The first-order valence-corrected chi connectivity index (χ1v) is 9.34. The lowest BCUT2D eigenvalue weighted by Gasteiger charge is -2.15. The van der Waals surface area contributed by atoms with Crippen molar-refractivity contribution in [2.24, 2.45) is 10.9 Å². The van der Waals surface area contributed by atoms with E-state index >= 15 is 0 Å². The summed E-state index contributed by atoms with van der Waals surface area (Å²) in [7, 11) is 0. The zero-order valence-corrected chi connectivity index (χ0v) is 15.8. The van der Waals surface area contributed by atoms with Crippen LogP contribution in [0, 0.1) is 17.2 Å². The summed E-state index contributed by atoms with van der Waals surface area (Å²) in [5.74, 6) is 0.848. The van der Waals surface area contributed by atoms with E-state index < -0.39 is 0 Å². The Labute approximate surface area is 164 Å². The molecule has 144 valence electrons. The highest BCUT2D eigenvalue weighted by atomic mass is 16.3. The maximum atomic E-state index is 12.2. The molecule has 2 heterocycles. The van der Waals surface area contributed by atoms with Gasteiger partial charge in [0.2, 0.25) is 5.91 Å². The molecular weight excluding hydrogens is 354 g/mol. The first-order chi connectivity index (χ1) is 13.6. The van der Waals surface area contributed by atoms with Gasteiger partial charge >= 0.3 is 0 Å². The number of rotatable bonds is 6. The lowest BCUT2D eigenvalue weighted by molar-refractivity contribution is -0.117. The fourth-order valence-electron chi connectivity index (χ4n) is 3.15. The zero-order chi connectivity index (χ0) is 19.9. The summed E-state index contributed by atoms with van der Waals surface area (Å²) in [6, 6.07) is 13.1. The molecule has 2 aromatic rings. The minimum Gasteiger partial charge on any atom is -0.396 e. The van der Waals surface area contributed by atoms with Gasteiger partial charge in [-0.2, -0.15) is 5.26 Å². The van der Waals surface area contributed by atoms with E-state index in [1.807, 2.05) is 37.3 Å². The fraction of sp³-hybridized carbons (Fsp3) is 0.381. The minimum absolute atomic E-state index is 0.0916. The molecule has 7 nitrogen and oxygen atoms in total. The Morgan fingerprint density at radius 1 is 1.36 bits per heavy atom. The normalized spacial score (nSPS) is 17.6. The van der Waals surface area contributed by atoms with Gasteiger partial charge in [0, 0.05) is 37.7 Å². The van der Waals surface area contributed by atoms with Crippen LogP contribution in [0.5, 0.6) is 0 Å². The van der Waals surface area contributed by atoms with Gasteiger partial charge in [-0.15, -0.1) is 10.2 Å². The minimum atomic E-state index is -0.167. The molecule has 2 atom stereocenters. The molecule has 1 saturated heterocycles. The number of aromatic nitrogens is 2. The number of anilines is 1. The predicted molar refractivity (Wildman–Crippen MR) is 106 cm³/mol. The molecule has 1 aliphatic rings. The number of aliphatic hydroxyl groups excluding tert-OH is 1. The zero-order valence-electron chi connectivity index (χ0n) is 15.8. The van der Waals surface area contributed by atoms with Gasteiger partial charge in [0.15, 0.2) is 11.5 Å². The molecule has 1 N–H and O–H groups in total. The van der Waals surface area contributed by atoms with Gasteiger partial charge < -0.3 is 10.0 Å². The van der Waals surface area contributed by atoms with Gasteiger partial charge in [0.05, 0.1) is 6.42 Å². The summed E-state index contributed by atoms with van der Waals surface area (Å²) >= 11 is 0. The largest absolute Gasteiger partial charge is 0.396 e. The molecule has 1 aromatic carbocycles. The van der Waals surface area contributed by atoms with E-state index in [4.69, 9.17) is 5.26 Å². The number of aliphatic hydroxyl groups is 1. The maximum Gasteiger partial charge on any atom is 0.249 e. The number of nitrogens with zero attached hydrogens (tertiary/aromatic N) is 5. The van der Waals surface area contributed by atoms with Crippen LogP contribution in [0.25, 0.3) is 0 Å². The number of aliphatic imine (C=N–C) groups is 1. The third kappa shape index (κ3) is 4.99. The first-order valence-electron chi connectivity index (χ1n) is 9.34.